The van der Waals surface area contributed by atoms with Crippen LogP contribution < -0.4 is 10.2 Å². The van der Waals surface area contributed by atoms with E-state index in [1.165, 1.54) is 0 Å². The summed E-state index contributed by atoms with van der Waals surface area (Å²) in [6, 6.07) is 0. The normalized spacial score (nSPS) is 16.2. The van der Waals surface area contributed by atoms with Crippen LogP contribution >= 0.6 is 11.3 Å². The van der Waals surface area contributed by atoms with Gasteiger partial charge in [0.25, 0.3) is 0 Å². The van der Waals surface area contributed by atoms with Crippen LogP contribution in [0.15, 0.2) is 10.4 Å². The monoisotopic (exact) mass is 383 g/mol. The highest BCUT2D eigenvalue weighted by atomic mass is 32.1. The molecular formula is C18H33N5O2S. The molecule has 0 amide bonds. The lowest BCUT2D eigenvalue weighted by Gasteiger charge is -2.34. The van der Waals surface area contributed by atoms with Crippen molar-refractivity contribution in [3.8, 4) is 0 Å². The Balaban J connectivity index is 1.83. The SMILES string of the molecule is CCNC(=NCc1csc(N(C)C)n1)N1CCC(OCCCOC)CC1. The fourth-order valence-electron chi connectivity index (χ4n) is 2.84. The van der Waals surface area contributed by atoms with Crippen molar-refractivity contribution in [2.24, 2.45) is 4.99 Å². The molecule has 0 bridgehead atoms. The van der Waals surface area contributed by atoms with Gasteiger partial charge in [0.2, 0.25) is 0 Å². The molecule has 7 nitrogen and oxygen atoms in total. The first-order chi connectivity index (χ1) is 12.6. The maximum Gasteiger partial charge on any atom is 0.194 e. The lowest BCUT2D eigenvalue weighted by atomic mass is 10.1. The van der Waals surface area contributed by atoms with Crippen LogP contribution in [0.4, 0.5) is 5.13 Å². The molecule has 1 saturated heterocycles. The van der Waals surface area contributed by atoms with Crippen molar-refractivity contribution >= 4 is 22.4 Å². The molecule has 1 aromatic rings. The smallest absolute Gasteiger partial charge is 0.194 e. The molecule has 8 heteroatoms. The van der Waals surface area contributed by atoms with Gasteiger partial charge in [0.1, 0.15) is 0 Å². The Kier molecular flexibility index (Phi) is 9.14. The number of rotatable bonds is 9. The van der Waals surface area contributed by atoms with Crippen molar-refractivity contribution in [2.45, 2.75) is 38.8 Å². The second kappa shape index (κ2) is 11.4. The molecule has 1 aliphatic rings. The van der Waals surface area contributed by atoms with Gasteiger partial charge in [0.05, 0.1) is 18.3 Å². The number of anilines is 1. The second-order valence-electron chi connectivity index (χ2n) is 6.59. The van der Waals surface area contributed by atoms with E-state index in [0.29, 0.717) is 12.6 Å². The van der Waals surface area contributed by atoms with E-state index in [2.05, 4.69) is 27.5 Å². The summed E-state index contributed by atoms with van der Waals surface area (Å²) in [7, 11) is 5.75. The van der Waals surface area contributed by atoms with Gasteiger partial charge in [-0.05, 0) is 26.2 Å². The van der Waals surface area contributed by atoms with Crippen molar-refractivity contribution in [3.05, 3.63) is 11.1 Å². The zero-order valence-electron chi connectivity index (χ0n) is 16.5. The van der Waals surface area contributed by atoms with Crippen molar-refractivity contribution < 1.29 is 9.47 Å². The zero-order chi connectivity index (χ0) is 18.8. The quantitative estimate of drug-likeness (QED) is 0.401. The Morgan fingerprint density at radius 3 is 2.77 bits per heavy atom. The fraction of sp³-hybridized carbons (Fsp3) is 0.778. The van der Waals surface area contributed by atoms with E-state index >= 15 is 0 Å². The Morgan fingerprint density at radius 2 is 2.15 bits per heavy atom. The number of aliphatic imine (C=N–C) groups is 1. The summed E-state index contributed by atoms with van der Waals surface area (Å²) in [5.41, 5.74) is 1.02. The second-order valence-corrected chi connectivity index (χ2v) is 7.43. The molecular weight excluding hydrogens is 350 g/mol. The largest absolute Gasteiger partial charge is 0.385 e. The Morgan fingerprint density at radius 1 is 1.38 bits per heavy atom. The first kappa shape index (κ1) is 20.9. The number of guanidine groups is 1. The van der Waals surface area contributed by atoms with Crippen LogP contribution in [-0.4, -0.2) is 76.0 Å². The Labute approximate surface area is 161 Å². The highest BCUT2D eigenvalue weighted by Gasteiger charge is 2.21. The van der Waals surface area contributed by atoms with Crippen molar-refractivity contribution in [2.75, 3.05) is 59.0 Å². The molecule has 2 rings (SSSR count). The molecule has 1 N–H and O–H groups in total. The maximum atomic E-state index is 5.95. The minimum Gasteiger partial charge on any atom is -0.385 e. The summed E-state index contributed by atoms with van der Waals surface area (Å²) >= 11 is 1.66. The van der Waals surface area contributed by atoms with E-state index in [1.54, 1.807) is 18.4 Å². The molecule has 0 saturated carbocycles. The number of methoxy groups -OCH3 is 1. The molecule has 1 aliphatic heterocycles. The van der Waals surface area contributed by atoms with Gasteiger partial charge in [-0.3, -0.25) is 0 Å². The molecule has 0 aromatic carbocycles. The van der Waals surface area contributed by atoms with Gasteiger partial charge < -0.3 is 24.6 Å². The van der Waals surface area contributed by atoms with Gasteiger partial charge in [-0.2, -0.15) is 0 Å². The minimum atomic E-state index is 0.354. The number of nitrogens with one attached hydrogen (secondary N) is 1. The molecule has 0 atom stereocenters. The maximum absolute atomic E-state index is 5.95. The van der Waals surface area contributed by atoms with Crippen LogP contribution in [-0.2, 0) is 16.0 Å². The fourth-order valence-corrected chi connectivity index (χ4v) is 3.59. The predicted molar refractivity (Wildman–Crippen MR) is 108 cm³/mol. The van der Waals surface area contributed by atoms with Crippen LogP contribution in [0, 0.1) is 0 Å². The summed E-state index contributed by atoms with van der Waals surface area (Å²) in [5, 5.41) is 6.52. The van der Waals surface area contributed by atoms with E-state index in [-0.39, 0.29) is 0 Å². The summed E-state index contributed by atoms with van der Waals surface area (Å²) in [4.78, 5) is 13.8. The lowest BCUT2D eigenvalue weighted by Crippen LogP contribution is -2.47. The lowest BCUT2D eigenvalue weighted by molar-refractivity contribution is 0.00990. The summed E-state index contributed by atoms with van der Waals surface area (Å²) in [6.45, 7) is 7.08. The number of hydrogen-bond acceptors (Lipinski definition) is 6. The average Bonchev–Trinajstić information content (AvgIpc) is 3.12. The van der Waals surface area contributed by atoms with E-state index in [9.17, 15) is 0 Å². The molecule has 0 aliphatic carbocycles. The number of likely N-dealkylation sites (tertiary alicyclic amines) is 1. The third kappa shape index (κ3) is 6.74. The number of ether oxygens (including phenoxy) is 2. The Hall–Kier alpha value is -1.38. The third-order valence-corrected chi connectivity index (χ3v) is 5.29. The highest BCUT2D eigenvalue weighted by molar-refractivity contribution is 7.13. The molecule has 0 radical (unpaired) electrons. The summed E-state index contributed by atoms with van der Waals surface area (Å²) < 4.78 is 11.0. The molecule has 1 aromatic heterocycles. The van der Waals surface area contributed by atoms with E-state index in [4.69, 9.17) is 14.5 Å². The van der Waals surface area contributed by atoms with Crippen LogP contribution in [0.1, 0.15) is 31.9 Å². The molecule has 26 heavy (non-hydrogen) atoms. The van der Waals surface area contributed by atoms with E-state index in [1.807, 2.05) is 19.0 Å². The molecule has 148 valence electrons. The van der Waals surface area contributed by atoms with E-state index < -0.39 is 0 Å². The zero-order valence-corrected chi connectivity index (χ0v) is 17.3. The number of piperidine rings is 1. The van der Waals surface area contributed by atoms with Crippen molar-refractivity contribution in [1.82, 2.24) is 15.2 Å². The Bertz CT molecular complexity index is 541. The van der Waals surface area contributed by atoms with Gasteiger partial charge in [-0.15, -0.1) is 11.3 Å². The van der Waals surface area contributed by atoms with Gasteiger partial charge >= 0.3 is 0 Å². The predicted octanol–water partition coefficient (Wildman–Crippen LogP) is 2.19. The van der Waals surface area contributed by atoms with Crippen LogP contribution in [0.2, 0.25) is 0 Å². The van der Waals surface area contributed by atoms with Crippen molar-refractivity contribution in [1.29, 1.82) is 0 Å². The first-order valence-electron chi connectivity index (χ1n) is 9.39. The summed E-state index contributed by atoms with van der Waals surface area (Å²) in [6.07, 6.45) is 3.40. The molecule has 2 heterocycles. The number of hydrogen-bond donors (Lipinski definition) is 1. The standard InChI is InChI=1S/C18H33N5O2S/c1-5-19-17(20-13-15-14-26-18(21-15)22(2)3)23-9-7-16(8-10-23)25-12-6-11-24-4/h14,16H,5-13H2,1-4H3,(H,19,20). The molecule has 0 spiro atoms. The van der Waals surface area contributed by atoms with Gasteiger partial charge in [0.15, 0.2) is 11.1 Å². The van der Waals surface area contributed by atoms with Gasteiger partial charge in [-0.25, -0.2) is 9.98 Å². The van der Waals surface area contributed by atoms with Gasteiger partial charge in [0, 0.05) is 59.4 Å². The number of aromatic nitrogens is 1. The van der Waals surface area contributed by atoms with Crippen LogP contribution in [0.25, 0.3) is 0 Å². The van der Waals surface area contributed by atoms with E-state index in [0.717, 1.165) is 68.9 Å². The highest BCUT2D eigenvalue weighted by Crippen LogP contribution is 2.19. The first-order valence-corrected chi connectivity index (χ1v) is 10.3. The minimum absolute atomic E-state index is 0.354. The van der Waals surface area contributed by atoms with Gasteiger partial charge in [-0.1, -0.05) is 0 Å². The van der Waals surface area contributed by atoms with Crippen LogP contribution in [0.3, 0.4) is 0 Å². The average molecular weight is 384 g/mol. The van der Waals surface area contributed by atoms with Crippen molar-refractivity contribution in [3.63, 3.8) is 0 Å². The molecule has 1 fully saturated rings. The summed E-state index contributed by atoms with van der Waals surface area (Å²) in [5.74, 6) is 0.977. The molecule has 0 unspecified atom stereocenters. The topological polar surface area (TPSA) is 62.2 Å². The number of nitrogens with zero attached hydrogens (tertiary/aromatic N) is 4. The number of thiazole rings is 1. The van der Waals surface area contributed by atoms with Crippen LogP contribution in [0.5, 0.6) is 0 Å². The third-order valence-electron chi connectivity index (χ3n) is 4.24.